The fourth-order valence-electron chi connectivity index (χ4n) is 2.16. The molecular formula is C13H17Cl2NS. The molecule has 0 bridgehead atoms. The van der Waals surface area contributed by atoms with Crippen LogP contribution in [-0.4, -0.2) is 17.5 Å². The summed E-state index contributed by atoms with van der Waals surface area (Å²) in [7, 11) is 0. The third kappa shape index (κ3) is 3.78. The summed E-state index contributed by atoms with van der Waals surface area (Å²) in [6.45, 7) is 2.15. The Balaban J connectivity index is 2.02. The molecule has 1 N–H and O–H groups in total. The minimum absolute atomic E-state index is 0.255. The van der Waals surface area contributed by atoms with E-state index in [4.69, 9.17) is 23.2 Å². The predicted molar refractivity (Wildman–Crippen MR) is 78.4 cm³/mol. The van der Waals surface area contributed by atoms with Crippen molar-refractivity contribution in [1.82, 2.24) is 5.32 Å². The van der Waals surface area contributed by atoms with E-state index in [-0.39, 0.29) is 6.04 Å². The molecule has 1 aromatic rings. The Morgan fingerprint density at radius 2 is 2.24 bits per heavy atom. The van der Waals surface area contributed by atoms with E-state index in [1.54, 1.807) is 0 Å². The molecule has 2 rings (SSSR count). The van der Waals surface area contributed by atoms with Gasteiger partial charge in [0.05, 0.1) is 0 Å². The van der Waals surface area contributed by atoms with Crippen LogP contribution in [0, 0.1) is 0 Å². The lowest BCUT2D eigenvalue weighted by Gasteiger charge is -2.27. The third-order valence-electron chi connectivity index (χ3n) is 3.07. The van der Waals surface area contributed by atoms with Crippen molar-refractivity contribution in [2.75, 3.05) is 11.5 Å². The summed E-state index contributed by atoms with van der Waals surface area (Å²) in [6, 6.07) is 6.50. The Labute approximate surface area is 117 Å². The maximum absolute atomic E-state index is 6.20. The van der Waals surface area contributed by atoms with Gasteiger partial charge in [0.15, 0.2) is 0 Å². The molecule has 1 saturated heterocycles. The molecule has 0 aromatic heterocycles. The smallest absolute Gasteiger partial charge is 0.0454 e. The number of benzene rings is 1. The van der Waals surface area contributed by atoms with E-state index >= 15 is 0 Å². The van der Waals surface area contributed by atoms with Crippen molar-refractivity contribution >= 4 is 35.0 Å². The van der Waals surface area contributed by atoms with E-state index in [0.717, 1.165) is 15.6 Å². The van der Waals surface area contributed by atoms with Crippen LogP contribution in [0.1, 0.15) is 31.4 Å². The first-order valence-electron chi connectivity index (χ1n) is 5.95. The summed E-state index contributed by atoms with van der Waals surface area (Å²) in [5, 5.41) is 5.18. The summed E-state index contributed by atoms with van der Waals surface area (Å²) >= 11 is 14.2. The van der Waals surface area contributed by atoms with Gasteiger partial charge in [-0.2, -0.15) is 11.8 Å². The highest BCUT2D eigenvalue weighted by molar-refractivity contribution is 7.99. The molecule has 0 amide bonds. The molecule has 1 nitrogen and oxygen atoms in total. The van der Waals surface area contributed by atoms with E-state index < -0.39 is 0 Å². The van der Waals surface area contributed by atoms with Gasteiger partial charge in [-0.15, -0.1) is 0 Å². The standard InChI is InChI=1S/C13H17Cl2NS/c1-9(16-11-3-2-6-17-8-11)12-7-10(14)4-5-13(12)15/h4-5,7,9,11,16H,2-3,6,8H2,1H3. The predicted octanol–water partition coefficient (Wildman–Crippen LogP) is 4.54. The van der Waals surface area contributed by atoms with Gasteiger partial charge in [0.1, 0.15) is 0 Å². The molecule has 0 saturated carbocycles. The zero-order valence-corrected chi connectivity index (χ0v) is 12.2. The van der Waals surface area contributed by atoms with Crippen molar-refractivity contribution in [3.8, 4) is 0 Å². The zero-order valence-electron chi connectivity index (χ0n) is 9.88. The van der Waals surface area contributed by atoms with Crippen molar-refractivity contribution in [2.45, 2.75) is 31.8 Å². The van der Waals surface area contributed by atoms with Gasteiger partial charge in [0.25, 0.3) is 0 Å². The van der Waals surface area contributed by atoms with Crippen LogP contribution < -0.4 is 5.32 Å². The average molecular weight is 290 g/mol. The molecule has 0 radical (unpaired) electrons. The Morgan fingerprint density at radius 1 is 1.41 bits per heavy atom. The Hall–Kier alpha value is 0.110. The van der Waals surface area contributed by atoms with Crippen LogP contribution in [0.15, 0.2) is 18.2 Å². The normalized spacial score (nSPS) is 22.4. The Morgan fingerprint density at radius 3 is 2.94 bits per heavy atom. The van der Waals surface area contributed by atoms with Gasteiger partial charge in [-0.3, -0.25) is 0 Å². The number of hydrogen-bond donors (Lipinski definition) is 1. The van der Waals surface area contributed by atoms with E-state index in [1.807, 2.05) is 30.0 Å². The van der Waals surface area contributed by atoms with Crippen molar-refractivity contribution < 1.29 is 0 Å². The van der Waals surface area contributed by atoms with E-state index in [1.165, 1.54) is 24.3 Å². The molecule has 2 unspecified atom stereocenters. The molecule has 0 aliphatic carbocycles. The highest BCUT2D eigenvalue weighted by atomic mass is 35.5. The SMILES string of the molecule is CC(NC1CCCSC1)c1cc(Cl)ccc1Cl. The quantitative estimate of drug-likeness (QED) is 0.877. The van der Waals surface area contributed by atoms with Crippen LogP contribution in [0.4, 0.5) is 0 Å². The zero-order chi connectivity index (χ0) is 12.3. The van der Waals surface area contributed by atoms with Crippen molar-refractivity contribution in [3.05, 3.63) is 33.8 Å². The van der Waals surface area contributed by atoms with Crippen molar-refractivity contribution in [2.24, 2.45) is 0 Å². The first-order chi connectivity index (χ1) is 8.16. The van der Waals surface area contributed by atoms with E-state index in [2.05, 4.69) is 12.2 Å². The van der Waals surface area contributed by atoms with Crippen LogP contribution in [0.3, 0.4) is 0 Å². The van der Waals surface area contributed by atoms with Crippen LogP contribution >= 0.6 is 35.0 Å². The lowest BCUT2D eigenvalue weighted by Crippen LogP contribution is -2.35. The van der Waals surface area contributed by atoms with Crippen molar-refractivity contribution in [1.29, 1.82) is 0 Å². The number of thioether (sulfide) groups is 1. The molecular weight excluding hydrogens is 273 g/mol. The van der Waals surface area contributed by atoms with Gasteiger partial charge >= 0.3 is 0 Å². The number of rotatable bonds is 3. The van der Waals surface area contributed by atoms with E-state index in [9.17, 15) is 0 Å². The molecule has 17 heavy (non-hydrogen) atoms. The monoisotopic (exact) mass is 289 g/mol. The summed E-state index contributed by atoms with van der Waals surface area (Å²) in [5.41, 5.74) is 1.09. The Bertz CT molecular complexity index is 378. The second-order valence-electron chi connectivity index (χ2n) is 4.47. The van der Waals surface area contributed by atoms with Gasteiger partial charge in [0, 0.05) is 27.9 Å². The van der Waals surface area contributed by atoms with Gasteiger partial charge in [-0.25, -0.2) is 0 Å². The molecule has 4 heteroatoms. The molecule has 1 aliphatic heterocycles. The van der Waals surface area contributed by atoms with Crippen molar-refractivity contribution in [3.63, 3.8) is 0 Å². The molecule has 1 fully saturated rings. The molecule has 1 heterocycles. The molecule has 2 atom stereocenters. The molecule has 1 aromatic carbocycles. The lowest BCUT2D eigenvalue weighted by atomic mass is 10.1. The largest absolute Gasteiger partial charge is 0.307 e. The first-order valence-corrected chi connectivity index (χ1v) is 7.86. The van der Waals surface area contributed by atoms with Crippen LogP contribution in [0.25, 0.3) is 0 Å². The Kier molecular flexibility index (Phi) is 5.04. The molecule has 1 aliphatic rings. The fourth-order valence-corrected chi connectivity index (χ4v) is 3.71. The first kappa shape index (κ1) is 13.5. The number of halogens is 2. The topological polar surface area (TPSA) is 12.0 Å². The number of hydrogen-bond acceptors (Lipinski definition) is 2. The maximum atomic E-state index is 6.20. The van der Waals surface area contributed by atoms with Crippen LogP contribution in [0.2, 0.25) is 10.0 Å². The molecule has 0 spiro atoms. The summed E-state index contributed by atoms with van der Waals surface area (Å²) in [6.07, 6.45) is 2.56. The average Bonchev–Trinajstić information content (AvgIpc) is 2.33. The minimum Gasteiger partial charge on any atom is -0.307 e. The summed E-state index contributed by atoms with van der Waals surface area (Å²) < 4.78 is 0. The highest BCUT2D eigenvalue weighted by Gasteiger charge is 2.18. The van der Waals surface area contributed by atoms with Gasteiger partial charge in [-0.05, 0) is 49.3 Å². The van der Waals surface area contributed by atoms with E-state index in [0.29, 0.717) is 6.04 Å². The lowest BCUT2D eigenvalue weighted by molar-refractivity contribution is 0.453. The van der Waals surface area contributed by atoms with Gasteiger partial charge < -0.3 is 5.32 Å². The highest BCUT2D eigenvalue weighted by Crippen LogP contribution is 2.27. The minimum atomic E-state index is 0.255. The second-order valence-corrected chi connectivity index (χ2v) is 6.46. The number of nitrogens with one attached hydrogen (secondary N) is 1. The third-order valence-corrected chi connectivity index (χ3v) is 4.87. The fraction of sp³-hybridized carbons (Fsp3) is 0.538. The van der Waals surface area contributed by atoms with Gasteiger partial charge in [-0.1, -0.05) is 23.2 Å². The van der Waals surface area contributed by atoms with Crippen LogP contribution in [-0.2, 0) is 0 Å². The van der Waals surface area contributed by atoms with Gasteiger partial charge in [0.2, 0.25) is 0 Å². The summed E-state index contributed by atoms with van der Waals surface area (Å²) in [5.74, 6) is 2.49. The van der Waals surface area contributed by atoms with Crippen LogP contribution in [0.5, 0.6) is 0 Å². The molecule has 94 valence electrons. The maximum Gasteiger partial charge on any atom is 0.0454 e. The summed E-state index contributed by atoms with van der Waals surface area (Å²) in [4.78, 5) is 0. The second kappa shape index (κ2) is 6.33.